The predicted octanol–water partition coefficient (Wildman–Crippen LogP) is 4.06. The molecule has 0 saturated heterocycles. The van der Waals surface area contributed by atoms with E-state index in [4.69, 9.17) is 38.4 Å². The molecule has 106 valence electrons. The summed E-state index contributed by atoms with van der Waals surface area (Å²) < 4.78 is 10.5. The van der Waals surface area contributed by atoms with Crippen molar-refractivity contribution in [2.45, 2.75) is 6.04 Å². The first kappa shape index (κ1) is 15.0. The summed E-state index contributed by atoms with van der Waals surface area (Å²) in [6.07, 6.45) is 0. The highest BCUT2D eigenvalue weighted by molar-refractivity contribution is 6.32. The maximum Gasteiger partial charge on any atom is 0.179 e. The molecule has 3 nitrogen and oxygen atoms in total. The van der Waals surface area contributed by atoms with Gasteiger partial charge in [0.1, 0.15) is 0 Å². The third-order valence-electron chi connectivity index (χ3n) is 3.06. The molecule has 0 amide bonds. The first-order valence-electron chi connectivity index (χ1n) is 6.00. The van der Waals surface area contributed by atoms with Gasteiger partial charge in [0.2, 0.25) is 0 Å². The van der Waals surface area contributed by atoms with Gasteiger partial charge in [-0.15, -0.1) is 0 Å². The lowest BCUT2D eigenvalue weighted by atomic mass is 9.99. The average molecular weight is 312 g/mol. The van der Waals surface area contributed by atoms with Crippen molar-refractivity contribution in [3.63, 3.8) is 0 Å². The second-order valence-corrected chi connectivity index (χ2v) is 5.05. The molecule has 5 heteroatoms. The van der Waals surface area contributed by atoms with Gasteiger partial charge >= 0.3 is 0 Å². The van der Waals surface area contributed by atoms with Crippen LogP contribution in [0.1, 0.15) is 17.2 Å². The summed E-state index contributed by atoms with van der Waals surface area (Å²) in [5.74, 6) is 1.03. The standard InChI is InChI=1S/C15H15Cl2NO2/c1-19-13-8-9(7-12(17)15(13)20-2)14(18)10-5-3-4-6-11(10)16/h3-8,14H,18H2,1-2H3. The molecule has 0 aliphatic carbocycles. The lowest BCUT2D eigenvalue weighted by Gasteiger charge is -2.17. The average Bonchev–Trinajstić information content (AvgIpc) is 2.46. The van der Waals surface area contributed by atoms with Crippen molar-refractivity contribution in [3.8, 4) is 11.5 Å². The van der Waals surface area contributed by atoms with Gasteiger partial charge in [-0.05, 0) is 29.3 Å². The largest absolute Gasteiger partial charge is 0.493 e. The van der Waals surface area contributed by atoms with Crippen LogP contribution in [0.2, 0.25) is 10.0 Å². The van der Waals surface area contributed by atoms with E-state index in [1.807, 2.05) is 18.2 Å². The molecule has 2 N–H and O–H groups in total. The summed E-state index contributed by atoms with van der Waals surface area (Å²) in [5, 5.41) is 1.07. The zero-order chi connectivity index (χ0) is 14.7. The monoisotopic (exact) mass is 311 g/mol. The molecule has 0 radical (unpaired) electrons. The van der Waals surface area contributed by atoms with E-state index in [2.05, 4.69) is 0 Å². The maximum absolute atomic E-state index is 6.26. The topological polar surface area (TPSA) is 44.5 Å². The molecule has 1 unspecified atom stereocenters. The Labute approximate surface area is 128 Å². The molecule has 0 aromatic heterocycles. The lowest BCUT2D eigenvalue weighted by Crippen LogP contribution is -2.12. The number of benzene rings is 2. The molecular formula is C15H15Cl2NO2. The quantitative estimate of drug-likeness (QED) is 0.926. The molecule has 1 atom stereocenters. The predicted molar refractivity (Wildman–Crippen MR) is 82.0 cm³/mol. The molecular weight excluding hydrogens is 297 g/mol. The number of methoxy groups -OCH3 is 2. The van der Waals surface area contributed by atoms with E-state index in [0.717, 1.165) is 11.1 Å². The van der Waals surface area contributed by atoms with Crippen molar-refractivity contribution in [1.82, 2.24) is 0 Å². The Hall–Kier alpha value is -1.42. The minimum Gasteiger partial charge on any atom is -0.493 e. The van der Waals surface area contributed by atoms with Crippen molar-refractivity contribution >= 4 is 23.2 Å². The van der Waals surface area contributed by atoms with Gasteiger partial charge in [-0.1, -0.05) is 41.4 Å². The van der Waals surface area contributed by atoms with Crippen molar-refractivity contribution < 1.29 is 9.47 Å². The van der Waals surface area contributed by atoms with Crippen LogP contribution in [0.25, 0.3) is 0 Å². The van der Waals surface area contributed by atoms with E-state index in [1.54, 1.807) is 25.3 Å². The van der Waals surface area contributed by atoms with Crippen LogP contribution in [0, 0.1) is 0 Å². The normalized spacial score (nSPS) is 12.1. The van der Waals surface area contributed by atoms with Gasteiger partial charge in [-0.25, -0.2) is 0 Å². The molecule has 2 aromatic rings. The first-order chi connectivity index (χ1) is 9.58. The van der Waals surface area contributed by atoms with Crippen LogP contribution >= 0.6 is 23.2 Å². The summed E-state index contributed by atoms with van der Waals surface area (Å²) >= 11 is 12.4. The Bertz CT molecular complexity index is 617. The molecule has 2 rings (SSSR count). The Balaban J connectivity index is 2.48. The van der Waals surface area contributed by atoms with Crippen molar-refractivity contribution in [2.75, 3.05) is 14.2 Å². The van der Waals surface area contributed by atoms with Crippen LogP contribution in [-0.4, -0.2) is 14.2 Å². The summed E-state index contributed by atoms with van der Waals surface area (Å²) in [5.41, 5.74) is 7.90. The molecule has 2 aromatic carbocycles. The zero-order valence-corrected chi connectivity index (χ0v) is 12.7. The summed E-state index contributed by atoms with van der Waals surface area (Å²) in [4.78, 5) is 0. The summed E-state index contributed by atoms with van der Waals surface area (Å²) in [6.45, 7) is 0. The van der Waals surface area contributed by atoms with Gasteiger partial charge in [0.25, 0.3) is 0 Å². The number of hydrogen-bond acceptors (Lipinski definition) is 3. The van der Waals surface area contributed by atoms with Gasteiger partial charge in [0.05, 0.1) is 25.3 Å². The lowest BCUT2D eigenvalue weighted by molar-refractivity contribution is 0.354. The van der Waals surface area contributed by atoms with E-state index in [1.165, 1.54) is 7.11 Å². The minimum atomic E-state index is -0.388. The van der Waals surface area contributed by atoms with E-state index in [-0.39, 0.29) is 6.04 Å². The maximum atomic E-state index is 6.26. The number of ether oxygens (including phenoxy) is 2. The van der Waals surface area contributed by atoms with Gasteiger partial charge in [-0.2, -0.15) is 0 Å². The van der Waals surface area contributed by atoms with Gasteiger partial charge < -0.3 is 15.2 Å². The van der Waals surface area contributed by atoms with E-state index in [0.29, 0.717) is 21.5 Å². The number of halogens is 2. The van der Waals surface area contributed by atoms with Gasteiger partial charge in [0, 0.05) is 5.02 Å². The second-order valence-electron chi connectivity index (χ2n) is 4.24. The molecule has 0 fully saturated rings. The van der Waals surface area contributed by atoms with E-state index < -0.39 is 0 Å². The first-order valence-corrected chi connectivity index (χ1v) is 6.75. The molecule has 0 saturated carbocycles. The molecule has 0 aliphatic rings. The third-order valence-corrected chi connectivity index (χ3v) is 3.68. The highest BCUT2D eigenvalue weighted by Crippen LogP contribution is 2.39. The second kappa shape index (κ2) is 6.35. The SMILES string of the molecule is COc1cc(C(N)c2ccccc2Cl)cc(Cl)c1OC. The highest BCUT2D eigenvalue weighted by Gasteiger charge is 2.17. The number of hydrogen-bond donors (Lipinski definition) is 1. The molecule has 0 aliphatic heterocycles. The van der Waals surface area contributed by atoms with Crippen LogP contribution in [0.3, 0.4) is 0 Å². The minimum absolute atomic E-state index is 0.388. The Morgan fingerprint density at radius 2 is 1.70 bits per heavy atom. The van der Waals surface area contributed by atoms with Crippen molar-refractivity contribution in [1.29, 1.82) is 0 Å². The van der Waals surface area contributed by atoms with Crippen LogP contribution in [0.15, 0.2) is 36.4 Å². The van der Waals surface area contributed by atoms with Gasteiger partial charge in [0.15, 0.2) is 11.5 Å². The smallest absolute Gasteiger partial charge is 0.179 e. The highest BCUT2D eigenvalue weighted by atomic mass is 35.5. The van der Waals surface area contributed by atoms with Crippen molar-refractivity contribution in [3.05, 3.63) is 57.6 Å². The Kier molecular flexibility index (Phi) is 4.76. The fourth-order valence-corrected chi connectivity index (χ4v) is 2.57. The summed E-state index contributed by atoms with van der Waals surface area (Å²) in [6, 6.07) is 10.6. The molecule has 0 heterocycles. The molecule has 0 bridgehead atoms. The summed E-state index contributed by atoms with van der Waals surface area (Å²) in [7, 11) is 3.09. The van der Waals surface area contributed by atoms with Crippen LogP contribution in [0.5, 0.6) is 11.5 Å². The fourth-order valence-electron chi connectivity index (χ4n) is 2.02. The zero-order valence-electron chi connectivity index (χ0n) is 11.2. The molecule has 0 spiro atoms. The van der Waals surface area contributed by atoms with E-state index in [9.17, 15) is 0 Å². The van der Waals surface area contributed by atoms with Crippen molar-refractivity contribution in [2.24, 2.45) is 5.73 Å². The van der Waals surface area contributed by atoms with Gasteiger partial charge in [-0.3, -0.25) is 0 Å². The Morgan fingerprint density at radius 1 is 1.00 bits per heavy atom. The fraction of sp³-hybridized carbons (Fsp3) is 0.200. The van der Waals surface area contributed by atoms with Crippen LogP contribution < -0.4 is 15.2 Å². The van der Waals surface area contributed by atoms with E-state index >= 15 is 0 Å². The van der Waals surface area contributed by atoms with Crippen LogP contribution in [0.4, 0.5) is 0 Å². The van der Waals surface area contributed by atoms with Crippen LogP contribution in [-0.2, 0) is 0 Å². The number of rotatable bonds is 4. The third kappa shape index (κ3) is 2.85. The molecule has 20 heavy (non-hydrogen) atoms. The Morgan fingerprint density at radius 3 is 2.30 bits per heavy atom. The number of nitrogens with two attached hydrogens (primary N) is 1.